The second kappa shape index (κ2) is 14.3. The number of aliphatic carboxylic acids is 1. The van der Waals surface area contributed by atoms with E-state index >= 15 is 0 Å². The standard InChI is InChI=1S/C39H47N5O8/c1-9-24-20-39(24,35(48)49)43-33(46)30-18-26(21-44(30)34(47)32(37(3,4)5)42-36(50)52-38(6,7)8)51-31-19-28(23-13-11-10-12-14-23)41-29-17-25(40-22(2)45)15-16-27(29)31/h9-17,19,24,26,30,32H,1,18,20-21H2,2-8H3,(H,40,45)(H,42,50)(H,43,46)(H,48,49)/t24-,26-,30-,32-,39-/m1/s1. The summed E-state index contributed by atoms with van der Waals surface area (Å²) in [5.74, 6) is -2.66. The van der Waals surface area contributed by atoms with E-state index in [4.69, 9.17) is 14.5 Å². The number of alkyl carbamates (subject to hydrolysis) is 1. The number of hydrogen-bond donors (Lipinski definition) is 4. The number of carboxylic acids is 1. The van der Waals surface area contributed by atoms with Crippen LogP contribution in [0.1, 0.15) is 61.3 Å². The minimum atomic E-state index is -1.53. The highest BCUT2D eigenvalue weighted by Gasteiger charge is 2.61. The Morgan fingerprint density at radius 2 is 1.73 bits per heavy atom. The van der Waals surface area contributed by atoms with Crippen molar-refractivity contribution in [3.05, 3.63) is 67.3 Å². The maximum Gasteiger partial charge on any atom is 0.408 e. The predicted molar refractivity (Wildman–Crippen MR) is 195 cm³/mol. The summed E-state index contributed by atoms with van der Waals surface area (Å²) >= 11 is 0. The van der Waals surface area contributed by atoms with Gasteiger partial charge in [-0.3, -0.25) is 14.4 Å². The zero-order valence-corrected chi connectivity index (χ0v) is 30.6. The fourth-order valence-corrected chi connectivity index (χ4v) is 6.44. The van der Waals surface area contributed by atoms with E-state index < -0.39 is 64.5 Å². The molecule has 276 valence electrons. The van der Waals surface area contributed by atoms with Crippen molar-refractivity contribution in [3.8, 4) is 17.0 Å². The first-order valence-electron chi connectivity index (χ1n) is 17.2. The van der Waals surface area contributed by atoms with Gasteiger partial charge < -0.3 is 35.4 Å². The summed E-state index contributed by atoms with van der Waals surface area (Å²) in [5, 5.41) is 18.8. The molecule has 0 unspecified atom stereocenters. The first-order valence-corrected chi connectivity index (χ1v) is 17.2. The van der Waals surface area contributed by atoms with Gasteiger partial charge in [-0.05, 0) is 50.8 Å². The number of ether oxygens (including phenoxy) is 2. The molecule has 4 amide bonds. The number of likely N-dealkylation sites (tertiary alicyclic amines) is 1. The van der Waals surface area contributed by atoms with Crippen molar-refractivity contribution in [2.45, 2.75) is 90.6 Å². The Bertz CT molecular complexity index is 1900. The Labute approximate surface area is 303 Å². The van der Waals surface area contributed by atoms with Gasteiger partial charge in [-0.25, -0.2) is 14.6 Å². The zero-order valence-electron chi connectivity index (χ0n) is 30.6. The third-order valence-electron chi connectivity index (χ3n) is 9.11. The molecule has 4 N–H and O–H groups in total. The fraction of sp³-hybridized carbons (Fsp3) is 0.436. The first-order chi connectivity index (χ1) is 24.3. The van der Waals surface area contributed by atoms with Gasteiger partial charge in [-0.15, -0.1) is 6.58 Å². The van der Waals surface area contributed by atoms with E-state index in [1.54, 1.807) is 65.8 Å². The third kappa shape index (κ3) is 8.35. The van der Waals surface area contributed by atoms with Crippen LogP contribution in [-0.2, 0) is 23.9 Å². The predicted octanol–water partition coefficient (Wildman–Crippen LogP) is 5.29. The normalized spacial score (nSPS) is 21.8. The second-order valence-corrected chi connectivity index (χ2v) is 15.5. The van der Waals surface area contributed by atoms with E-state index in [0.717, 1.165) is 5.56 Å². The molecular formula is C39H47N5O8. The summed E-state index contributed by atoms with van der Waals surface area (Å²) in [5.41, 5.74) is -0.637. The lowest BCUT2D eigenvalue weighted by atomic mass is 9.85. The van der Waals surface area contributed by atoms with Gasteiger partial charge in [-0.2, -0.15) is 0 Å². The third-order valence-corrected chi connectivity index (χ3v) is 9.11. The van der Waals surface area contributed by atoms with Gasteiger partial charge in [0.05, 0.1) is 17.8 Å². The molecule has 1 aliphatic heterocycles. The van der Waals surface area contributed by atoms with Crippen LogP contribution >= 0.6 is 0 Å². The minimum Gasteiger partial charge on any atom is -0.488 e. The average Bonchev–Trinajstić information content (AvgIpc) is 3.61. The van der Waals surface area contributed by atoms with Crippen molar-refractivity contribution in [1.82, 2.24) is 20.5 Å². The molecule has 13 nitrogen and oxygen atoms in total. The van der Waals surface area contributed by atoms with Crippen LogP contribution in [0.3, 0.4) is 0 Å². The Morgan fingerprint density at radius 1 is 1.04 bits per heavy atom. The number of benzene rings is 2. The molecule has 0 bridgehead atoms. The molecular weight excluding hydrogens is 666 g/mol. The number of nitrogens with one attached hydrogen (secondary N) is 3. The molecule has 2 fully saturated rings. The highest BCUT2D eigenvalue weighted by molar-refractivity contribution is 5.97. The Kier molecular flexibility index (Phi) is 10.4. The quantitative estimate of drug-likeness (QED) is 0.203. The van der Waals surface area contributed by atoms with Crippen molar-refractivity contribution in [3.63, 3.8) is 0 Å². The number of carbonyl (C=O) groups excluding carboxylic acids is 4. The van der Waals surface area contributed by atoms with E-state index in [-0.39, 0.29) is 25.3 Å². The van der Waals surface area contributed by atoms with Gasteiger partial charge >= 0.3 is 12.1 Å². The van der Waals surface area contributed by atoms with Gasteiger partial charge in [0, 0.05) is 42.0 Å². The van der Waals surface area contributed by atoms with Gasteiger partial charge in [-0.1, -0.05) is 57.2 Å². The number of carbonyl (C=O) groups is 5. The number of rotatable bonds is 10. The Balaban J connectivity index is 1.52. The van der Waals surface area contributed by atoms with Crippen LogP contribution in [0.2, 0.25) is 0 Å². The van der Waals surface area contributed by atoms with Crippen molar-refractivity contribution in [2.75, 3.05) is 11.9 Å². The van der Waals surface area contributed by atoms with Crippen LogP contribution in [0.5, 0.6) is 5.75 Å². The van der Waals surface area contributed by atoms with Gasteiger partial charge in [0.1, 0.15) is 35.1 Å². The summed E-state index contributed by atoms with van der Waals surface area (Å²) in [6, 6.07) is 14.3. The lowest BCUT2D eigenvalue weighted by Gasteiger charge is -2.35. The van der Waals surface area contributed by atoms with E-state index in [0.29, 0.717) is 28.0 Å². The number of hydrogen-bond acceptors (Lipinski definition) is 8. The maximum absolute atomic E-state index is 14.5. The minimum absolute atomic E-state index is 0.0315. The summed E-state index contributed by atoms with van der Waals surface area (Å²) < 4.78 is 12.1. The number of fused-ring (bicyclic) bond motifs is 1. The fourth-order valence-electron chi connectivity index (χ4n) is 6.44. The van der Waals surface area contributed by atoms with E-state index in [2.05, 4.69) is 22.5 Å². The molecule has 2 aromatic carbocycles. The number of nitrogens with zero attached hydrogens (tertiary/aromatic N) is 2. The van der Waals surface area contributed by atoms with E-state index in [9.17, 15) is 29.1 Å². The molecule has 0 radical (unpaired) electrons. The van der Waals surface area contributed by atoms with Crippen molar-refractivity contribution in [1.29, 1.82) is 0 Å². The number of aromatic nitrogens is 1. The molecule has 5 rings (SSSR count). The summed E-state index contributed by atoms with van der Waals surface area (Å²) in [6.07, 6.45) is 0.189. The molecule has 2 heterocycles. The average molecular weight is 714 g/mol. The van der Waals surface area contributed by atoms with Crippen LogP contribution in [0.15, 0.2) is 67.3 Å². The smallest absolute Gasteiger partial charge is 0.408 e. The molecule has 13 heteroatoms. The number of anilines is 1. The molecule has 1 saturated heterocycles. The molecule has 2 aliphatic rings. The number of amides is 4. The summed E-state index contributed by atoms with van der Waals surface area (Å²) in [4.78, 5) is 71.7. The van der Waals surface area contributed by atoms with Gasteiger partial charge in [0.25, 0.3) is 0 Å². The molecule has 1 aliphatic carbocycles. The molecule has 0 spiro atoms. The Morgan fingerprint density at radius 3 is 2.31 bits per heavy atom. The monoisotopic (exact) mass is 713 g/mol. The molecule has 5 atom stereocenters. The highest BCUT2D eigenvalue weighted by Crippen LogP contribution is 2.45. The van der Waals surface area contributed by atoms with Crippen molar-refractivity contribution < 1.29 is 38.6 Å². The SMILES string of the molecule is C=C[C@@H]1C[C@]1(NC(=O)[C@H]1C[C@@H](Oc2cc(-c3ccccc3)nc3cc(NC(C)=O)ccc23)CN1C(=O)[C@@H](NC(=O)OC(C)(C)C)C(C)(C)C)C(=O)O. The first kappa shape index (κ1) is 37.8. The number of carboxylic acid groups (broad SMARTS) is 1. The number of pyridine rings is 1. The van der Waals surface area contributed by atoms with Crippen molar-refractivity contribution >= 4 is 46.4 Å². The van der Waals surface area contributed by atoms with E-state index in [1.165, 1.54) is 17.9 Å². The van der Waals surface area contributed by atoms with Crippen LogP contribution in [0.4, 0.5) is 10.5 Å². The Hall–Kier alpha value is -5.46. The largest absolute Gasteiger partial charge is 0.488 e. The zero-order chi connectivity index (χ0) is 38.2. The van der Waals surface area contributed by atoms with Crippen LogP contribution < -0.4 is 20.7 Å². The van der Waals surface area contributed by atoms with Crippen LogP contribution in [0.25, 0.3) is 22.2 Å². The van der Waals surface area contributed by atoms with Crippen molar-refractivity contribution in [2.24, 2.45) is 11.3 Å². The van der Waals surface area contributed by atoms with Gasteiger partial charge in [0.2, 0.25) is 17.7 Å². The summed E-state index contributed by atoms with van der Waals surface area (Å²) in [7, 11) is 0. The molecule has 1 aromatic heterocycles. The molecule has 1 saturated carbocycles. The summed E-state index contributed by atoms with van der Waals surface area (Å²) in [6.45, 7) is 15.6. The lowest BCUT2D eigenvalue weighted by molar-refractivity contribution is -0.146. The second-order valence-electron chi connectivity index (χ2n) is 15.5. The van der Waals surface area contributed by atoms with Gasteiger partial charge in [0.15, 0.2) is 0 Å². The van der Waals surface area contributed by atoms with Crippen LogP contribution in [0, 0.1) is 11.3 Å². The molecule has 3 aromatic rings. The van der Waals surface area contributed by atoms with Crippen LogP contribution in [-0.4, -0.2) is 80.6 Å². The maximum atomic E-state index is 14.5. The van der Waals surface area contributed by atoms with E-state index in [1.807, 2.05) is 30.3 Å². The molecule has 52 heavy (non-hydrogen) atoms. The lowest BCUT2D eigenvalue weighted by Crippen LogP contribution is -2.59. The highest BCUT2D eigenvalue weighted by atomic mass is 16.6. The topological polar surface area (TPSA) is 176 Å².